The number of carboxylic acids is 1. The Hall–Kier alpha value is -2.96. The van der Waals surface area contributed by atoms with Gasteiger partial charge in [-0.1, -0.05) is 29.8 Å². The van der Waals surface area contributed by atoms with Gasteiger partial charge in [-0.25, -0.2) is 14.8 Å². The van der Waals surface area contributed by atoms with Gasteiger partial charge in [0.15, 0.2) is 5.69 Å². The van der Waals surface area contributed by atoms with Crippen LogP contribution in [0.3, 0.4) is 0 Å². The monoisotopic (exact) mass is 340 g/mol. The van der Waals surface area contributed by atoms with Crippen LogP contribution in [0.1, 0.15) is 21.6 Å². The fraction of sp³-hybridized carbons (Fsp3) is 0.333. The Morgan fingerprint density at radius 1 is 1.04 bits per heavy atom. The Labute approximate surface area is 145 Å². The zero-order chi connectivity index (χ0) is 17.8. The highest BCUT2D eigenvalue weighted by atomic mass is 16.4. The van der Waals surface area contributed by atoms with Crippen molar-refractivity contribution in [1.82, 2.24) is 14.9 Å². The highest BCUT2D eigenvalue weighted by Crippen LogP contribution is 2.14. The van der Waals surface area contributed by atoms with E-state index in [0.717, 1.165) is 5.56 Å². The number of anilines is 1. The summed E-state index contributed by atoms with van der Waals surface area (Å²) in [6, 6.07) is 8.01. The maximum Gasteiger partial charge on any atom is 0.356 e. The molecule has 1 aromatic carbocycles. The molecular weight excluding hydrogens is 320 g/mol. The number of hydrogen-bond acceptors (Lipinski definition) is 5. The van der Waals surface area contributed by atoms with Gasteiger partial charge in [0.05, 0.1) is 18.8 Å². The molecule has 7 heteroatoms. The van der Waals surface area contributed by atoms with E-state index in [1.165, 1.54) is 18.0 Å². The van der Waals surface area contributed by atoms with Gasteiger partial charge in [-0.05, 0) is 12.5 Å². The van der Waals surface area contributed by atoms with E-state index in [4.69, 9.17) is 5.11 Å². The summed E-state index contributed by atoms with van der Waals surface area (Å²) >= 11 is 0. The molecule has 3 rings (SSSR count). The van der Waals surface area contributed by atoms with Crippen molar-refractivity contribution >= 4 is 17.7 Å². The van der Waals surface area contributed by atoms with Gasteiger partial charge in [-0.2, -0.15) is 0 Å². The Bertz CT molecular complexity index is 751. The number of aromatic nitrogens is 2. The number of nitrogens with zero attached hydrogens (tertiary/aromatic N) is 4. The predicted molar refractivity (Wildman–Crippen MR) is 92.7 cm³/mol. The van der Waals surface area contributed by atoms with Crippen molar-refractivity contribution in [3.63, 3.8) is 0 Å². The number of aromatic carboxylic acids is 1. The van der Waals surface area contributed by atoms with E-state index in [9.17, 15) is 9.59 Å². The molecule has 1 fully saturated rings. The Morgan fingerprint density at radius 3 is 2.28 bits per heavy atom. The average Bonchev–Trinajstić information content (AvgIpc) is 2.64. The molecule has 0 saturated carbocycles. The normalized spacial score (nSPS) is 14.4. The van der Waals surface area contributed by atoms with Crippen LogP contribution in [0, 0.1) is 6.92 Å². The zero-order valence-electron chi connectivity index (χ0n) is 14.1. The Morgan fingerprint density at radius 2 is 1.72 bits per heavy atom. The van der Waals surface area contributed by atoms with Crippen molar-refractivity contribution in [1.29, 1.82) is 0 Å². The minimum Gasteiger partial charge on any atom is -0.476 e. The van der Waals surface area contributed by atoms with Crippen LogP contribution < -0.4 is 4.90 Å². The van der Waals surface area contributed by atoms with Crippen molar-refractivity contribution in [3.8, 4) is 0 Å². The topological polar surface area (TPSA) is 86.6 Å². The molecule has 0 radical (unpaired) electrons. The van der Waals surface area contributed by atoms with Gasteiger partial charge in [-0.15, -0.1) is 0 Å². The first kappa shape index (κ1) is 16.9. The van der Waals surface area contributed by atoms with Gasteiger partial charge in [0.25, 0.3) is 0 Å². The van der Waals surface area contributed by atoms with E-state index >= 15 is 0 Å². The standard InChI is InChI=1S/C18H20N4O3/c1-13-2-4-14(5-3-13)10-17(23)22-8-6-21(7-9-22)16-12-19-15(11-20-16)18(24)25/h2-5,11-12H,6-10H2,1H3,(H,24,25). The van der Waals surface area contributed by atoms with E-state index in [1.807, 2.05) is 41.0 Å². The quantitative estimate of drug-likeness (QED) is 0.905. The maximum absolute atomic E-state index is 12.4. The van der Waals surface area contributed by atoms with Gasteiger partial charge >= 0.3 is 5.97 Å². The molecule has 130 valence electrons. The molecule has 25 heavy (non-hydrogen) atoms. The summed E-state index contributed by atoms with van der Waals surface area (Å²) in [6.07, 6.45) is 3.13. The lowest BCUT2D eigenvalue weighted by Gasteiger charge is -2.35. The molecular formula is C18H20N4O3. The fourth-order valence-corrected chi connectivity index (χ4v) is 2.77. The molecule has 2 heterocycles. The molecule has 1 aliphatic heterocycles. The summed E-state index contributed by atoms with van der Waals surface area (Å²) in [5, 5.41) is 8.86. The first-order valence-electron chi connectivity index (χ1n) is 8.16. The largest absolute Gasteiger partial charge is 0.476 e. The molecule has 1 aromatic heterocycles. The van der Waals surface area contributed by atoms with E-state index in [2.05, 4.69) is 9.97 Å². The van der Waals surface area contributed by atoms with Crippen molar-refractivity contribution < 1.29 is 14.7 Å². The number of carbonyl (C=O) groups is 2. The summed E-state index contributed by atoms with van der Waals surface area (Å²) < 4.78 is 0. The molecule has 1 aliphatic rings. The zero-order valence-corrected chi connectivity index (χ0v) is 14.1. The van der Waals surface area contributed by atoms with E-state index in [0.29, 0.717) is 38.4 Å². The molecule has 0 bridgehead atoms. The van der Waals surface area contributed by atoms with Gasteiger partial charge in [0.2, 0.25) is 5.91 Å². The molecule has 0 atom stereocenters. The number of carboxylic acid groups (broad SMARTS) is 1. The van der Waals surface area contributed by atoms with Crippen LogP contribution in [-0.4, -0.2) is 58.0 Å². The minimum absolute atomic E-state index is 0.0735. The van der Waals surface area contributed by atoms with Crippen LogP contribution >= 0.6 is 0 Å². The molecule has 0 unspecified atom stereocenters. The van der Waals surface area contributed by atoms with Crippen LogP contribution in [0.2, 0.25) is 0 Å². The Balaban J connectivity index is 1.55. The highest BCUT2D eigenvalue weighted by molar-refractivity contribution is 5.85. The lowest BCUT2D eigenvalue weighted by atomic mass is 10.1. The third kappa shape index (κ3) is 4.12. The van der Waals surface area contributed by atoms with Gasteiger partial charge in [0.1, 0.15) is 5.82 Å². The molecule has 2 aromatic rings. The van der Waals surface area contributed by atoms with Crippen molar-refractivity contribution in [3.05, 3.63) is 53.5 Å². The van der Waals surface area contributed by atoms with Gasteiger partial charge in [0, 0.05) is 26.2 Å². The highest BCUT2D eigenvalue weighted by Gasteiger charge is 2.22. The third-order valence-electron chi connectivity index (χ3n) is 4.29. The molecule has 0 spiro atoms. The SMILES string of the molecule is Cc1ccc(CC(=O)N2CCN(c3cnc(C(=O)O)cn3)CC2)cc1. The van der Waals surface area contributed by atoms with Crippen molar-refractivity contribution in [2.24, 2.45) is 0 Å². The van der Waals surface area contributed by atoms with Gasteiger partial charge in [-0.3, -0.25) is 4.79 Å². The molecule has 7 nitrogen and oxygen atoms in total. The average molecular weight is 340 g/mol. The molecule has 1 saturated heterocycles. The second-order valence-corrected chi connectivity index (χ2v) is 6.10. The van der Waals surface area contributed by atoms with Gasteiger partial charge < -0.3 is 14.9 Å². The van der Waals surface area contributed by atoms with Crippen molar-refractivity contribution in [2.75, 3.05) is 31.1 Å². The van der Waals surface area contributed by atoms with Crippen LogP contribution in [0.25, 0.3) is 0 Å². The van der Waals surface area contributed by atoms with Crippen molar-refractivity contribution in [2.45, 2.75) is 13.3 Å². The first-order valence-corrected chi connectivity index (χ1v) is 8.16. The summed E-state index contributed by atoms with van der Waals surface area (Å²) in [5.74, 6) is -0.336. The first-order chi connectivity index (χ1) is 12.0. The lowest BCUT2D eigenvalue weighted by molar-refractivity contribution is -0.130. The van der Waals surface area contributed by atoms with E-state index < -0.39 is 5.97 Å². The molecule has 1 N–H and O–H groups in total. The fourth-order valence-electron chi connectivity index (χ4n) is 2.77. The second-order valence-electron chi connectivity index (χ2n) is 6.10. The Kier molecular flexibility index (Phi) is 4.92. The summed E-state index contributed by atoms with van der Waals surface area (Å²) in [7, 11) is 0. The second kappa shape index (κ2) is 7.29. The predicted octanol–water partition coefficient (Wildman–Crippen LogP) is 1.37. The van der Waals surface area contributed by atoms with E-state index in [-0.39, 0.29) is 11.6 Å². The molecule has 1 amide bonds. The lowest BCUT2D eigenvalue weighted by Crippen LogP contribution is -2.49. The van der Waals surface area contributed by atoms with Crippen LogP contribution in [0.15, 0.2) is 36.7 Å². The number of carbonyl (C=O) groups excluding carboxylic acids is 1. The maximum atomic E-state index is 12.4. The summed E-state index contributed by atoms with van der Waals surface area (Å²) in [4.78, 5) is 35.1. The number of amides is 1. The molecule has 0 aliphatic carbocycles. The number of rotatable bonds is 4. The van der Waals surface area contributed by atoms with Crippen LogP contribution in [0.4, 0.5) is 5.82 Å². The minimum atomic E-state index is -1.09. The van der Waals surface area contributed by atoms with Crippen LogP contribution in [-0.2, 0) is 11.2 Å². The van der Waals surface area contributed by atoms with E-state index in [1.54, 1.807) is 0 Å². The number of hydrogen-bond donors (Lipinski definition) is 1. The summed E-state index contributed by atoms with van der Waals surface area (Å²) in [5.41, 5.74) is 2.13. The summed E-state index contributed by atoms with van der Waals surface area (Å²) in [6.45, 7) is 4.57. The third-order valence-corrected chi connectivity index (χ3v) is 4.29. The smallest absolute Gasteiger partial charge is 0.356 e. The number of benzene rings is 1. The number of aryl methyl sites for hydroxylation is 1. The number of piperazine rings is 1. The van der Waals surface area contributed by atoms with Crippen LogP contribution in [0.5, 0.6) is 0 Å².